The van der Waals surface area contributed by atoms with Crippen LogP contribution in [-0.4, -0.2) is 35.3 Å². The highest BCUT2D eigenvalue weighted by Gasteiger charge is 2.33. The number of rotatable bonds is 4. The SMILES string of the molecule is CC(CCc1ccco1)N1C(=O)CNC(=O)C1C. The van der Waals surface area contributed by atoms with Gasteiger partial charge in [0, 0.05) is 12.5 Å². The minimum absolute atomic E-state index is 0.0194. The lowest BCUT2D eigenvalue weighted by molar-refractivity contribution is -0.147. The first-order chi connectivity index (χ1) is 8.59. The van der Waals surface area contributed by atoms with Crippen molar-refractivity contribution in [1.82, 2.24) is 10.2 Å². The summed E-state index contributed by atoms with van der Waals surface area (Å²) in [7, 11) is 0. The normalized spacial score (nSPS) is 21.9. The summed E-state index contributed by atoms with van der Waals surface area (Å²) in [5.74, 6) is 0.803. The molecule has 0 saturated carbocycles. The molecule has 0 aliphatic carbocycles. The number of aryl methyl sites for hydroxylation is 1. The van der Waals surface area contributed by atoms with E-state index in [4.69, 9.17) is 4.42 Å². The van der Waals surface area contributed by atoms with E-state index in [1.165, 1.54) is 0 Å². The van der Waals surface area contributed by atoms with E-state index in [1.54, 1.807) is 18.1 Å². The molecule has 0 spiro atoms. The van der Waals surface area contributed by atoms with E-state index in [0.717, 1.165) is 18.6 Å². The van der Waals surface area contributed by atoms with Crippen molar-refractivity contribution in [3.05, 3.63) is 24.2 Å². The Balaban J connectivity index is 1.96. The van der Waals surface area contributed by atoms with Gasteiger partial charge in [0.1, 0.15) is 11.8 Å². The van der Waals surface area contributed by atoms with Crippen molar-refractivity contribution >= 4 is 11.8 Å². The van der Waals surface area contributed by atoms with E-state index in [0.29, 0.717) is 0 Å². The van der Waals surface area contributed by atoms with E-state index >= 15 is 0 Å². The highest BCUT2D eigenvalue weighted by molar-refractivity contribution is 5.94. The molecular formula is C13H18N2O3. The number of hydrogen-bond acceptors (Lipinski definition) is 3. The Kier molecular flexibility index (Phi) is 3.69. The van der Waals surface area contributed by atoms with Crippen molar-refractivity contribution in [1.29, 1.82) is 0 Å². The molecule has 1 aromatic rings. The maximum Gasteiger partial charge on any atom is 0.242 e. The second-order valence-corrected chi connectivity index (χ2v) is 4.66. The fraction of sp³-hybridized carbons (Fsp3) is 0.538. The predicted molar refractivity (Wildman–Crippen MR) is 65.8 cm³/mol. The molecule has 1 fully saturated rings. The Hall–Kier alpha value is -1.78. The minimum atomic E-state index is -0.391. The monoisotopic (exact) mass is 250 g/mol. The minimum Gasteiger partial charge on any atom is -0.469 e. The largest absolute Gasteiger partial charge is 0.469 e. The number of nitrogens with one attached hydrogen (secondary N) is 1. The van der Waals surface area contributed by atoms with Crippen LogP contribution in [0.1, 0.15) is 26.0 Å². The van der Waals surface area contributed by atoms with Crippen LogP contribution in [-0.2, 0) is 16.0 Å². The smallest absolute Gasteiger partial charge is 0.242 e. The van der Waals surface area contributed by atoms with Gasteiger partial charge in [0.15, 0.2) is 0 Å². The van der Waals surface area contributed by atoms with Crippen LogP contribution in [0.2, 0.25) is 0 Å². The van der Waals surface area contributed by atoms with Crippen molar-refractivity contribution in [2.45, 2.75) is 38.8 Å². The molecule has 5 heteroatoms. The molecular weight excluding hydrogens is 232 g/mol. The lowest BCUT2D eigenvalue weighted by Gasteiger charge is -2.37. The number of nitrogens with zero attached hydrogens (tertiary/aromatic N) is 1. The number of carbonyl (C=O) groups excluding carboxylic acids is 2. The van der Waals surface area contributed by atoms with Gasteiger partial charge in [0.05, 0.1) is 12.8 Å². The highest BCUT2D eigenvalue weighted by atomic mass is 16.3. The zero-order valence-electron chi connectivity index (χ0n) is 10.7. The summed E-state index contributed by atoms with van der Waals surface area (Å²) in [6.07, 6.45) is 3.20. The van der Waals surface area contributed by atoms with E-state index < -0.39 is 6.04 Å². The average molecular weight is 250 g/mol. The standard InChI is InChI=1S/C13H18N2O3/c1-9(5-6-11-4-3-7-18-11)15-10(2)13(17)14-8-12(15)16/h3-4,7,9-10H,5-6,8H2,1-2H3,(H,14,17). The number of carbonyl (C=O) groups is 2. The van der Waals surface area contributed by atoms with Gasteiger partial charge < -0.3 is 14.6 Å². The molecule has 98 valence electrons. The first-order valence-corrected chi connectivity index (χ1v) is 6.21. The van der Waals surface area contributed by atoms with E-state index in [9.17, 15) is 9.59 Å². The first-order valence-electron chi connectivity index (χ1n) is 6.21. The quantitative estimate of drug-likeness (QED) is 0.865. The van der Waals surface area contributed by atoms with Gasteiger partial charge in [0.25, 0.3) is 0 Å². The van der Waals surface area contributed by atoms with Crippen molar-refractivity contribution in [2.24, 2.45) is 0 Å². The third-order valence-corrected chi connectivity index (χ3v) is 3.36. The molecule has 0 bridgehead atoms. The van der Waals surface area contributed by atoms with E-state index in [2.05, 4.69) is 5.32 Å². The van der Waals surface area contributed by atoms with Crippen molar-refractivity contribution in [3.8, 4) is 0 Å². The Morgan fingerprint density at radius 3 is 3.00 bits per heavy atom. The second kappa shape index (κ2) is 5.25. The highest BCUT2D eigenvalue weighted by Crippen LogP contribution is 2.15. The molecule has 1 saturated heterocycles. The van der Waals surface area contributed by atoms with Crippen molar-refractivity contribution in [2.75, 3.05) is 6.54 Å². The zero-order chi connectivity index (χ0) is 13.1. The van der Waals surface area contributed by atoms with Crippen LogP contribution in [0, 0.1) is 0 Å². The Bertz CT molecular complexity index is 427. The first kappa shape index (κ1) is 12.7. The number of hydrogen-bond donors (Lipinski definition) is 1. The summed E-state index contributed by atoms with van der Waals surface area (Å²) >= 11 is 0. The fourth-order valence-electron chi connectivity index (χ4n) is 2.32. The summed E-state index contributed by atoms with van der Waals surface area (Å²) in [6.45, 7) is 3.83. The summed E-state index contributed by atoms with van der Waals surface area (Å²) < 4.78 is 5.26. The molecule has 1 aliphatic rings. The Labute approximate surface area is 106 Å². The van der Waals surface area contributed by atoms with Gasteiger partial charge in [-0.2, -0.15) is 0 Å². The third kappa shape index (κ3) is 2.55. The van der Waals surface area contributed by atoms with Crippen LogP contribution in [0.15, 0.2) is 22.8 Å². The zero-order valence-corrected chi connectivity index (χ0v) is 10.7. The maximum absolute atomic E-state index is 11.8. The number of piperazine rings is 1. The molecule has 5 nitrogen and oxygen atoms in total. The third-order valence-electron chi connectivity index (χ3n) is 3.36. The summed E-state index contributed by atoms with van der Waals surface area (Å²) in [5.41, 5.74) is 0. The molecule has 0 radical (unpaired) electrons. The molecule has 2 unspecified atom stereocenters. The summed E-state index contributed by atoms with van der Waals surface area (Å²) in [6, 6.07) is 3.41. The van der Waals surface area contributed by atoms with Gasteiger partial charge >= 0.3 is 0 Å². The molecule has 2 atom stereocenters. The fourth-order valence-corrected chi connectivity index (χ4v) is 2.32. The Morgan fingerprint density at radius 2 is 2.33 bits per heavy atom. The van der Waals surface area contributed by atoms with Gasteiger partial charge in [-0.15, -0.1) is 0 Å². The lowest BCUT2D eigenvalue weighted by atomic mass is 10.1. The van der Waals surface area contributed by atoms with Crippen LogP contribution in [0.4, 0.5) is 0 Å². The van der Waals surface area contributed by atoms with Crippen LogP contribution < -0.4 is 5.32 Å². The van der Waals surface area contributed by atoms with Crippen LogP contribution >= 0.6 is 0 Å². The molecule has 2 rings (SSSR count). The number of furan rings is 1. The molecule has 1 aliphatic heterocycles. The van der Waals surface area contributed by atoms with Crippen molar-refractivity contribution < 1.29 is 14.0 Å². The molecule has 2 heterocycles. The lowest BCUT2D eigenvalue weighted by Crippen LogP contribution is -2.59. The van der Waals surface area contributed by atoms with Crippen LogP contribution in [0.25, 0.3) is 0 Å². The molecule has 2 amide bonds. The average Bonchev–Trinajstić information content (AvgIpc) is 2.85. The Morgan fingerprint density at radius 1 is 1.56 bits per heavy atom. The summed E-state index contributed by atoms with van der Waals surface area (Å²) in [4.78, 5) is 25.1. The van der Waals surface area contributed by atoms with Gasteiger partial charge in [-0.1, -0.05) is 0 Å². The molecule has 1 aromatic heterocycles. The predicted octanol–water partition coefficient (Wildman–Crippen LogP) is 0.948. The van der Waals surface area contributed by atoms with Crippen LogP contribution in [0.3, 0.4) is 0 Å². The molecule has 0 aromatic carbocycles. The summed E-state index contributed by atoms with van der Waals surface area (Å²) in [5, 5.41) is 2.59. The van der Waals surface area contributed by atoms with Gasteiger partial charge in [-0.3, -0.25) is 9.59 Å². The van der Waals surface area contributed by atoms with Gasteiger partial charge in [-0.25, -0.2) is 0 Å². The van der Waals surface area contributed by atoms with Gasteiger partial charge in [0.2, 0.25) is 11.8 Å². The maximum atomic E-state index is 11.8. The number of amides is 2. The van der Waals surface area contributed by atoms with Crippen molar-refractivity contribution in [3.63, 3.8) is 0 Å². The van der Waals surface area contributed by atoms with Gasteiger partial charge in [-0.05, 0) is 32.4 Å². The second-order valence-electron chi connectivity index (χ2n) is 4.66. The molecule has 1 N–H and O–H groups in total. The topological polar surface area (TPSA) is 62.6 Å². The van der Waals surface area contributed by atoms with E-state index in [-0.39, 0.29) is 24.4 Å². The van der Waals surface area contributed by atoms with Crippen LogP contribution in [0.5, 0.6) is 0 Å². The van der Waals surface area contributed by atoms with E-state index in [1.807, 2.05) is 19.1 Å². The molecule has 18 heavy (non-hydrogen) atoms.